The quantitative estimate of drug-likeness (QED) is 0.797. The summed E-state index contributed by atoms with van der Waals surface area (Å²) >= 11 is 0. The highest BCUT2D eigenvalue weighted by Gasteiger charge is 2.12. The van der Waals surface area contributed by atoms with Gasteiger partial charge in [-0.05, 0) is 12.1 Å². The Balaban J connectivity index is 1.90. The van der Waals surface area contributed by atoms with Gasteiger partial charge in [-0.2, -0.15) is 4.98 Å². The Labute approximate surface area is 108 Å². The van der Waals surface area contributed by atoms with Crippen LogP contribution in [0.3, 0.4) is 0 Å². The first-order valence-electron chi connectivity index (χ1n) is 5.50. The number of rotatable bonds is 5. The second kappa shape index (κ2) is 5.34. The van der Waals surface area contributed by atoms with Crippen molar-refractivity contribution < 1.29 is 19.2 Å². The van der Waals surface area contributed by atoms with E-state index in [-0.39, 0.29) is 24.7 Å². The zero-order valence-corrected chi connectivity index (χ0v) is 10.2. The molecule has 0 fully saturated rings. The Kier molecular flexibility index (Phi) is 3.60. The largest absolute Gasteiger partial charge is 0.477 e. The molecule has 0 spiro atoms. The first kappa shape index (κ1) is 12.8. The molecule has 0 bridgehead atoms. The van der Waals surface area contributed by atoms with Crippen LogP contribution in [0, 0.1) is 6.92 Å². The SMILES string of the molecule is Cc1nc(CNC(=O)Cn2cccc2C(=O)O)no1. The van der Waals surface area contributed by atoms with Gasteiger partial charge in [0.1, 0.15) is 12.2 Å². The normalized spacial score (nSPS) is 10.4. The van der Waals surface area contributed by atoms with Crippen molar-refractivity contribution in [2.45, 2.75) is 20.0 Å². The van der Waals surface area contributed by atoms with Crippen molar-refractivity contribution in [3.8, 4) is 0 Å². The maximum Gasteiger partial charge on any atom is 0.352 e. The number of carbonyl (C=O) groups is 2. The zero-order valence-electron chi connectivity index (χ0n) is 10.2. The second-order valence-electron chi connectivity index (χ2n) is 3.83. The van der Waals surface area contributed by atoms with E-state index in [2.05, 4.69) is 15.5 Å². The van der Waals surface area contributed by atoms with E-state index in [4.69, 9.17) is 9.63 Å². The predicted octanol–water partition coefficient (Wildman–Crippen LogP) is 0.194. The van der Waals surface area contributed by atoms with Gasteiger partial charge in [-0.3, -0.25) is 4.79 Å². The molecule has 1 amide bonds. The molecular formula is C11H12N4O4. The molecule has 2 rings (SSSR count). The number of hydrogen-bond donors (Lipinski definition) is 2. The van der Waals surface area contributed by atoms with Gasteiger partial charge >= 0.3 is 5.97 Å². The molecule has 8 nitrogen and oxygen atoms in total. The van der Waals surface area contributed by atoms with Crippen LogP contribution in [0.5, 0.6) is 0 Å². The number of aromatic carboxylic acids is 1. The minimum Gasteiger partial charge on any atom is -0.477 e. The Morgan fingerprint density at radius 2 is 2.32 bits per heavy atom. The lowest BCUT2D eigenvalue weighted by molar-refractivity contribution is -0.121. The van der Waals surface area contributed by atoms with Gasteiger partial charge in [0.25, 0.3) is 0 Å². The molecule has 0 saturated carbocycles. The summed E-state index contributed by atoms with van der Waals surface area (Å²) in [7, 11) is 0. The summed E-state index contributed by atoms with van der Waals surface area (Å²) < 4.78 is 6.10. The highest BCUT2D eigenvalue weighted by molar-refractivity contribution is 5.86. The average Bonchev–Trinajstić information content (AvgIpc) is 2.95. The third kappa shape index (κ3) is 3.18. The maximum atomic E-state index is 11.7. The van der Waals surface area contributed by atoms with E-state index < -0.39 is 5.97 Å². The summed E-state index contributed by atoms with van der Waals surface area (Å²) in [6, 6.07) is 3.00. The number of amides is 1. The standard InChI is InChI=1S/C11H12N4O4/c1-7-13-9(14-19-7)5-12-10(16)6-15-4-2-3-8(15)11(17)18/h2-4H,5-6H2,1H3,(H,12,16)(H,17,18). The van der Waals surface area contributed by atoms with Crippen LogP contribution in [0.1, 0.15) is 22.2 Å². The van der Waals surface area contributed by atoms with Crippen molar-refractivity contribution in [3.05, 3.63) is 35.7 Å². The fraction of sp³-hybridized carbons (Fsp3) is 0.273. The molecule has 0 unspecified atom stereocenters. The van der Waals surface area contributed by atoms with Crippen LogP contribution in [0.25, 0.3) is 0 Å². The molecule has 19 heavy (non-hydrogen) atoms. The second-order valence-corrected chi connectivity index (χ2v) is 3.83. The van der Waals surface area contributed by atoms with Crippen LogP contribution < -0.4 is 5.32 Å². The Bertz CT molecular complexity index is 601. The third-order valence-corrected chi connectivity index (χ3v) is 2.38. The van der Waals surface area contributed by atoms with Crippen LogP contribution in [-0.2, 0) is 17.9 Å². The van der Waals surface area contributed by atoms with Gasteiger partial charge in [-0.25, -0.2) is 4.79 Å². The lowest BCUT2D eigenvalue weighted by Gasteiger charge is -2.06. The van der Waals surface area contributed by atoms with Gasteiger partial charge < -0.3 is 19.5 Å². The first-order valence-corrected chi connectivity index (χ1v) is 5.50. The number of aromatic nitrogens is 3. The van der Waals surface area contributed by atoms with E-state index in [1.165, 1.54) is 16.8 Å². The minimum absolute atomic E-state index is 0.0607. The molecule has 0 aliphatic rings. The zero-order chi connectivity index (χ0) is 13.8. The Morgan fingerprint density at radius 1 is 1.53 bits per heavy atom. The first-order chi connectivity index (χ1) is 9.06. The van der Waals surface area contributed by atoms with Gasteiger partial charge in [-0.15, -0.1) is 0 Å². The molecule has 8 heteroatoms. The van der Waals surface area contributed by atoms with Gasteiger partial charge in [0, 0.05) is 13.1 Å². The van der Waals surface area contributed by atoms with Crippen molar-refractivity contribution in [1.82, 2.24) is 20.0 Å². The lowest BCUT2D eigenvalue weighted by atomic mass is 10.4. The Morgan fingerprint density at radius 3 is 2.95 bits per heavy atom. The monoisotopic (exact) mass is 264 g/mol. The fourth-order valence-corrected chi connectivity index (χ4v) is 1.55. The fourth-order valence-electron chi connectivity index (χ4n) is 1.55. The van der Waals surface area contributed by atoms with E-state index in [0.29, 0.717) is 11.7 Å². The van der Waals surface area contributed by atoms with Gasteiger partial charge in [0.05, 0.1) is 6.54 Å². The molecular weight excluding hydrogens is 252 g/mol. The van der Waals surface area contributed by atoms with Crippen LogP contribution in [-0.4, -0.2) is 31.7 Å². The summed E-state index contributed by atoms with van der Waals surface area (Å²) in [4.78, 5) is 26.4. The summed E-state index contributed by atoms with van der Waals surface area (Å²) in [6.07, 6.45) is 1.53. The number of carbonyl (C=O) groups excluding carboxylic acids is 1. The van der Waals surface area contributed by atoms with E-state index in [1.807, 2.05) is 0 Å². The van der Waals surface area contributed by atoms with Crippen molar-refractivity contribution >= 4 is 11.9 Å². The van der Waals surface area contributed by atoms with Crippen LogP contribution in [0.4, 0.5) is 0 Å². The molecule has 2 heterocycles. The predicted molar refractivity (Wildman–Crippen MR) is 62.3 cm³/mol. The van der Waals surface area contributed by atoms with Crippen molar-refractivity contribution in [2.24, 2.45) is 0 Å². The molecule has 0 aliphatic carbocycles. The summed E-state index contributed by atoms with van der Waals surface area (Å²) in [5.74, 6) is -0.618. The molecule has 100 valence electrons. The lowest BCUT2D eigenvalue weighted by Crippen LogP contribution is -2.28. The molecule has 2 aromatic heterocycles. The van der Waals surface area contributed by atoms with E-state index in [0.717, 1.165) is 0 Å². The summed E-state index contributed by atoms with van der Waals surface area (Å²) in [6.45, 7) is 1.71. The molecule has 2 aromatic rings. The third-order valence-electron chi connectivity index (χ3n) is 2.38. The minimum atomic E-state index is -1.08. The topological polar surface area (TPSA) is 110 Å². The maximum absolute atomic E-state index is 11.7. The molecule has 0 radical (unpaired) electrons. The van der Waals surface area contributed by atoms with E-state index in [9.17, 15) is 9.59 Å². The molecule has 0 saturated heterocycles. The molecule has 0 aromatic carbocycles. The van der Waals surface area contributed by atoms with Gasteiger partial charge in [0.15, 0.2) is 5.82 Å². The number of hydrogen-bond acceptors (Lipinski definition) is 5. The van der Waals surface area contributed by atoms with Crippen LogP contribution >= 0.6 is 0 Å². The van der Waals surface area contributed by atoms with E-state index >= 15 is 0 Å². The highest BCUT2D eigenvalue weighted by Crippen LogP contribution is 2.02. The summed E-state index contributed by atoms with van der Waals surface area (Å²) in [5, 5.41) is 15.1. The van der Waals surface area contributed by atoms with Crippen LogP contribution in [0.2, 0.25) is 0 Å². The average molecular weight is 264 g/mol. The van der Waals surface area contributed by atoms with Gasteiger partial charge in [-0.1, -0.05) is 5.16 Å². The number of carboxylic acids is 1. The number of nitrogens with zero attached hydrogens (tertiary/aromatic N) is 3. The van der Waals surface area contributed by atoms with E-state index in [1.54, 1.807) is 13.0 Å². The smallest absolute Gasteiger partial charge is 0.352 e. The number of nitrogens with one attached hydrogen (secondary N) is 1. The Hall–Kier alpha value is -2.64. The molecule has 2 N–H and O–H groups in total. The van der Waals surface area contributed by atoms with Crippen LogP contribution in [0.15, 0.2) is 22.9 Å². The molecule has 0 atom stereocenters. The van der Waals surface area contributed by atoms with Gasteiger partial charge in [0.2, 0.25) is 11.8 Å². The van der Waals surface area contributed by atoms with Crippen molar-refractivity contribution in [3.63, 3.8) is 0 Å². The number of carboxylic acid groups (broad SMARTS) is 1. The molecule has 0 aliphatic heterocycles. The highest BCUT2D eigenvalue weighted by atomic mass is 16.5. The van der Waals surface area contributed by atoms with Crippen molar-refractivity contribution in [2.75, 3.05) is 0 Å². The summed E-state index contributed by atoms with van der Waals surface area (Å²) in [5.41, 5.74) is 0.0607. The van der Waals surface area contributed by atoms with Crippen molar-refractivity contribution in [1.29, 1.82) is 0 Å². The number of aryl methyl sites for hydroxylation is 1.